The number of halogens is 2. The predicted octanol–water partition coefficient (Wildman–Crippen LogP) is 3.81. The number of fused-ring (bicyclic) bond motifs is 8. The lowest BCUT2D eigenvalue weighted by Gasteiger charge is -2.59. The van der Waals surface area contributed by atoms with E-state index in [0.29, 0.717) is 18.7 Å². The van der Waals surface area contributed by atoms with Crippen LogP contribution in [0, 0.1) is 17.6 Å². The molecule has 206 valence electrons. The van der Waals surface area contributed by atoms with Crippen LogP contribution < -0.4 is 15.3 Å². The summed E-state index contributed by atoms with van der Waals surface area (Å²) in [6.07, 6.45) is 4.70. The van der Waals surface area contributed by atoms with Crippen molar-refractivity contribution in [3.05, 3.63) is 92.9 Å². The van der Waals surface area contributed by atoms with Crippen LogP contribution in [0.5, 0.6) is 5.75 Å². The van der Waals surface area contributed by atoms with Gasteiger partial charge in [0.2, 0.25) is 5.43 Å². The summed E-state index contributed by atoms with van der Waals surface area (Å²) in [4.78, 5) is 30.4. The summed E-state index contributed by atoms with van der Waals surface area (Å²) >= 11 is 0. The second-order valence-corrected chi connectivity index (χ2v) is 11.4. The van der Waals surface area contributed by atoms with Crippen molar-refractivity contribution in [3.8, 4) is 5.75 Å². The highest BCUT2D eigenvalue weighted by Crippen LogP contribution is 2.51. The first kappa shape index (κ1) is 23.9. The van der Waals surface area contributed by atoms with Crippen LogP contribution in [-0.2, 0) is 4.74 Å². The summed E-state index contributed by atoms with van der Waals surface area (Å²) in [5.74, 6) is -2.67. The number of ether oxygens (including phenoxy) is 1. The molecule has 3 saturated heterocycles. The molecule has 1 aliphatic carbocycles. The van der Waals surface area contributed by atoms with Crippen molar-refractivity contribution in [1.29, 1.82) is 0 Å². The van der Waals surface area contributed by atoms with Crippen LogP contribution in [0.15, 0.2) is 53.5 Å². The van der Waals surface area contributed by atoms with Gasteiger partial charge in [-0.25, -0.2) is 8.78 Å². The van der Waals surface area contributed by atoms with Gasteiger partial charge >= 0.3 is 0 Å². The molecule has 6 aliphatic rings. The average Bonchev–Trinajstić information content (AvgIpc) is 3.10. The van der Waals surface area contributed by atoms with Crippen molar-refractivity contribution in [2.45, 2.75) is 50.0 Å². The molecule has 3 atom stereocenters. The fraction of sp³-hybridized carbons (Fsp3) is 0.400. The second-order valence-electron chi connectivity index (χ2n) is 11.4. The number of amides is 1. The van der Waals surface area contributed by atoms with E-state index in [1.807, 2.05) is 34.2 Å². The van der Waals surface area contributed by atoms with Crippen molar-refractivity contribution in [1.82, 2.24) is 9.58 Å². The highest BCUT2D eigenvalue weighted by atomic mass is 19.2. The summed E-state index contributed by atoms with van der Waals surface area (Å²) in [5, 5.41) is 13.0. The number of pyridine rings is 1. The van der Waals surface area contributed by atoms with Gasteiger partial charge in [-0.05, 0) is 49.3 Å². The number of anilines is 1. The molecule has 2 aromatic carbocycles. The lowest BCUT2D eigenvalue weighted by atomic mass is 9.76. The highest BCUT2D eigenvalue weighted by Gasteiger charge is 2.54. The van der Waals surface area contributed by atoms with E-state index in [-0.39, 0.29) is 41.9 Å². The Balaban J connectivity index is 1.46. The first-order chi connectivity index (χ1) is 19.5. The van der Waals surface area contributed by atoms with E-state index >= 15 is 4.39 Å². The van der Waals surface area contributed by atoms with Crippen LogP contribution in [0.3, 0.4) is 0 Å². The second kappa shape index (κ2) is 8.54. The number of aromatic hydroxyl groups is 1. The lowest BCUT2D eigenvalue weighted by molar-refractivity contribution is -0.0247. The number of hydrogen-bond acceptors (Lipinski definition) is 6. The molecule has 0 spiro atoms. The SMILES string of the molecule is O=C1c2c(O)c(=O)ccn2N([C@@H]2c3ccccc3N3CCOCC3c3c2ccc(F)c3F)C2C3CCC(CC3)N12. The molecule has 1 N–H and O–H groups in total. The maximum absolute atomic E-state index is 15.9. The summed E-state index contributed by atoms with van der Waals surface area (Å²) < 4.78 is 38.2. The molecular weight excluding hydrogens is 518 g/mol. The predicted molar refractivity (Wildman–Crippen MR) is 142 cm³/mol. The summed E-state index contributed by atoms with van der Waals surface area (Å²) in [6, 6.07) is 10.7. The first-order valence-corrected chi connectivity index (χ1v) is 13.9. The van der Waals surface area contributed by atoms with Gasteiger partial charge < -0.3 is 19.6 Å². The minimum atomic E-state index is -0.928. The maximum Gasteiger partial charge on any atom is 0.278 e. The van der Waals surface area contributed by atoms with Crippen molar-refractivity contribution >= 4 is 11.6 Å². The quantitative estimate of drug-likeness (QED) is 0.501. The number of aromatic nitrogens is 1. The molecule has 4 fully saturated rings. The Hall–Kier alpha value is -3.92. The molecule has 8 nitrogen and oxygen atoms in total. The Kier molecular flexibility index (Phi) is 5.11. The molecule has 2 unspecified atom stereocenters. The molecule has 10 heteroatoms. The van der Waals surface area contributed by atoms with E-state index < -0.39 is 34.9 Å². The maximum atomic E-state index is 15.9. The van der Waals surface area contributed by atoms with E-state index in [1.165, 1.54) is 12.3 Å². The average molecular weight is 547 g/mol. The van der Waals surface area contributed by atoms with Gasteiger partial charge in [0, 0.05) is 41.7 Å². The smallest absolute Gasteiger partial charge is 0.278 e. The van der Waals surface area contributed by atoms with Crippen LogP contribution in [0.2, 0.25) is 0 Å². The Morgan fingerprint density at radius 1 is 0.950 bits per heavy atom. The van der Waals surface area contributed by atoms with Crippen LogP contribution in [0.25, 0.3) is 0 Å². The molecule has 0 radical (unpaired) electrons. The highest BCUT2D eigenvalue weighted by molar-refractivity contribution is 5.97. The fourth-order valence-electron chi connectivity index (χ4n) is 7.91. The number of rotatable bonds is 1. The van der Waals surface area contributed by atoms with Crippen molar-refractivity contribution in [2.75, 3.05) is 29.7 Å². The third-order valence-corrected chi connectivity index (χ3v) is 9.58. The number of carbonyl (C=O) groups excluding carboxylic acids is 1. The Morgan fingerprint density at radius 3 is 2.58 bits per heavy atom. The van der Waals surface area contributed by atoms with Gasteiger partial charge in [0.1, 0.15) is 12.2 Å². The van der Waals surface area contributed by atoms with Crippen molar-refractivity contribution in [2.24, 2.45) is 5.92 Å². The Morgan fingerprint density at radius 2 is 1.75 bits per heavy atom. The van der Waals surface area contributed by atoms with Gasteiger partial charge in [0.25, 0.3) is 5.91 Å². The monoisotopic (exact) mass is 546 g/mol. The van der Waals surface area contributed by atoms with E-state index in [1.54, 1.807) is 10.7 Å². The zero-order chi connectivity index (χ0) is 27.3. The van der Waals surface area contributed by atoms with Crippen molar-refractivity contribution in [3.63, 3.8) is 0 Å². The van der Waals surface area contributed by atoms with Crippen molar-refractivity contribution < 1.29 is 23.4 Å². The molecule has 1 aromatic heterocycles. The number of benzene rings is 2. The largest absolute Gasteiger partial charge is 0.502 e. The summed E-state index contributed by atoms with van der Waals surface area (Å²) in [6.45, 7) is 1.17. The molecule has 9 rings (SSSR count). The van der Waals surface area contributed by atoms with Crippen LogP contribution in [0.1, 0.15) is 64.9 Å². The topological polar surface area (TPSA) is 78.2 Å². The zero-order valence-corrected chi connectivity index (χ0v) is 21.7. The van der Waals surface area contributed by atoms with E-state index in [2.05, 4.69) is 4.90 Å². The molecule has 1 saturated carbocycles. The van der Waals surface area contributed by atoms with Gasteiger partial charge in [-0.2, -0.15) is 0 Å². The number of nitrogens with zero attached hydrogens (tertiary/aromatic N) is 4. The van der Waals surface area contributed by atoms with E-state index in [9.17, 15) is 19.1 Å². The lowest BCUT2D eigenvalue weighted by Crippen LogP contribution is -2.70. The number of carbonyl (C=O) groups is 1. The van der Waals surface area contributed by atoms with Gasteiger partial charge in [-0.3, -0.25) is 19.3 Å². The van der Waals surface area contributed by atoms with Gasteiger partial charge in [0.05, 0.1) is 19.3 Å². The summed E-state index contributed by atoms with van der Waals surface area (Å²) in [7, 11) is 0. The number of piperidine rings is 2. The third-order valence-electron chi connectivity index (χ3n) is 9.58. The Bertz CT molecular complexity index is 1620. The van der Waals surface area contributed by atoms with E-state index in [4.69, 9.17) is 4.74 Å². The minimum absolute atomic E-state index is 0.0290. The molecular formula is C30H28F2N4O4. The van der Waals surface area contributed by atoms with Gasteiger partial charge in [-0.1, -0.05) is 24.3 Å². The van der Waals surface area contributed by atoms with Crippen LogP contribution in [-0.4, -0.2) is 52.6 Å². The van der Waals surface area contributed by atoms with E-state index in [0.717, 1.165) is 43.0 Å². The number of para-hydroxylation sites is 1. The third kappa shape index (κ3) is 3.08. The number of hydrogen-bond donors (Lipinski definition) is 1. The molecule has 6 heterocycles. The molecule has 2 bridgehead atoms. The first-order valence-electron chi connectivity index (χ1n) is 13.9. The normalized spacial score (nSPS) is 28.3. The van der Waals surface area contributed by atoms with Crippen LogP contribution >= 0.6 is 0 Å². The zero-order valence-electron chi connectivity index (χ0n) is 21.7. The Labute approximate surface area is 229 Å². The molecule has 1 amide bonds. The molecule has 3 aromatic rings. The van der Waals surface area contributed by atoms with Gasteiger partial charge in [0.15, 0.2) is 23.1 Å². The fourth-order valence-corrected chi connectivity index (χ4v) is 7.91. The molecule has 40 heavy (non-hydrogen) atoms. The summed E-state index contributed by atoms with van der Waals surface area (Å²) in [5.41, 5.74) is 1.83. The standard InChI is InChI=1S/C30H28F2N4O4/c31-20-10-9-19-24(25(20)32)22-15-40-14-13-33(22)21-4-2-1-3-18(21)26(19)36-29-16-5-7-17(8-6-16)35(29)30(39)27-28(38)23(37)11-12-34(27)36/h1-4,9-12,16-17,22,26,29,38H,5-8,13-15H2/t16?,17?,22?,26-,29?/m1/s1. The van der Waals surface area contributed by atoms with Gasteiger partial charge in [-0.15, -0.1) is 0 Å². The molecule has 5 aliphatic heterocycles. The van der Waals surface area contributed by atoms with Crippen LogP contribution in [0.4, 0.5) is 14.5 Å². The number of morpholine rings is 1. The minimum Gasteiger partial charge on any atom is -0.502 e.